The number of hydrogen-bond donors (Lipinski definition) is 2. The Morgan fingerprint density at radius 1 is 0.971 bits per heavy atom. The molecule has 0 saturated heterocycles. The number of aromatic nitrogens is 1. The largest absolute Gasteiger partial charge is 0.490 e. The molecule has 0 fully saturated rings. The summed E-state index contributed by atoms with van der Waals surface area (Å²) in [6, 6.07) is 21.3. The van der Waals surface area contributed by atoms with Crippen LogP contribution in [0.25, 0.3) is 22.2 Å². The molecule has 0 aliphatic heterocycles. The minimum absolute atomic E-state index is 0.138. The van der Waals surface area contributed by atoms with E-state index in [4.69, 9.17) is 21.1 Å². The fraction of sp³-hybridized carbons (Fsp3) is 0.222. The second-order valence-corrected chi connectivity index (χ2v) is 9.06. The van der Waals surface area contributed by atoms with Gasteiger partial charge in [0.1, 0.15) is 0 Å². The highest BCUT2D eigenvalue weighted by Crippen LogP contribution is 2.38. The van der Waals surface area contributed by atoms with Crippen LogP contribution in [-0.2, 0) is 0 Å². The van der Waals surface area contributed by atoms with Crippen molar-refractivity contribution >= 4 is 40.2 Å². The molecule has 1 amide bonds. The van der Waals surface area contributed by atoms with Crippen LogP contribution in [0, 0.1) is 0 Å². The maximum atomic E-state index is 12.7. The van der Waals surface area contributed by atoms with Crippen molar-refractivity contribution < 1.29 is 14.3 Å². The monoisotopic (exact) mass is 494 g/mol. The highest BCUT2D eigenvalue weighted by Gasteiger charge is 2.15. The molecule has 0 spiro atoms. The molecule has 4 rings (SSSR count). The Labute approximate surface area is 208 Å². The lowest BCUT2D eigenvalue weighted by Crippen LogP contribution is -2.25. The highest BCUT2D eigenvalue weighted by molar-refractivity contribution is 7.99. The first-order chi connectivity index (χ1) is 16.6. The van der Waals surface area contributed by atoms with Crippen molar-refractivity contribution in [3.63, 3.8) is 0 Å². The number of benzene rings is 3. The van der Waals surface area contributed by atoms with Crippen LogP contribution in [0.1, 0.15) is 24.2 Å². The van der Waals surface area contributed by atoms with E-state index in [0.29, 0.717) is 41.8 Å². The van der Waals surface area contributed by atoms with E-state index in [2.05, 4.69) is 22.4 Å². The van der Waals surface area contributed by atoms with Gasteiger partial charge in [-0.1, -0.05) is 41.9 Å². The molecule has 1 aromatic heterocycles. The number of ether oxygens (including phenoxy) is 2. The smallest absolute Gasteiger partial charge is 0.251 e. The number of para-hydroxylation sites is 1. The van der Waals surface area contributed by atoms with Gasteiger partial charge in [-0.05, 0) is 55.8 Å². The molecule has 3 aromatic carbocycles. The van der Waals surface area contributed by atoms with Gasteiger partial charge in [0.05, 0.1) is 18.9 Å². The van der Waals surface area contributed by atoms with E-state index in [0.717, 1.165) is 32.8 Å². The van der Waals surface area contributed by atoms with E-state index in [1.807, 2.05) is 50.2 Å². The van der Waals surface area contributed by atoms with Crippen molar-refractivity contribution in [1.82, 2.24) is 10.3 Å². The first kappa shape index (κ1) is 24.0. The predicted molar refractivity (Wildman–Crippen MR) is 141 cm³/mol. The number of carbonyl (C=O) groups is 1. The third kappa shape index (κ3) is 5.51. The topological polar surface area (TPSA) is 63.3 Å². The molecule has 7 heteroatoms. The lowest BCUT2D eigenvalue weighted by Gasteiger charge is -2.12. The molecular formula is C27H27ClN2O3S. The Morgan fingerprint density at radius 2 is 1.71 bits per heavy atom. The van der Waals surface area contributed by atoms with E-state index in [-0.39, 0.29) is 5.91 Å². The molecule has 0 atom stereocenters. The van der Waals surface area contributed by atoms with Crippen molar-refractivity contribution in [1.29, 1.82) is 0 Å². The van der Waals surface area contributed by atoms with Crippen LogP contribution in [0.15, 0.2) is 71.6 Å². The van der Waals surface area contributed by atoms with Gasteiger partial charge in [0, 0.05) is 38.7 Å². The van der Waals surface area contributed by atoms with Crippen LogP contribution in [-0.4, -0.2) is 36.4 Å². The van der Waals surface area contributed by atoms with Gasteiger partial charge in [-0.15, -0.1) is 11.8 Å². The van der Waals surface area contributed by atoms with E-state index in [1.165, 1.54) is 0 Å². The Kier molecular flexibility index (Phi) is 8.03. The molecule has 5 nitrogen and oxygen atoms in total. The third-order valence-corrected chi connectivity index (χ3v) is 6.60. The zero-order chi connectivity index (χ0) is 23.9. The number of rotatable bonds is 10. The average Bonchev–Trinajstić information content (AvgIpc) is 3.22. The number of nitrogens with one attached hydrogen (secondary N) is 2. The van der Waals surface area contributed by atoms with Crippen LogP contribution in [0.2, 0.25) is 5.02 Å². The van der Waals surface area contributed by atoms with Crippen LogP contribution in [0.3, 0.4) is 0 Å². The van der Waals surface area contributed by atoms with E-state index in [9.17, 15) is 4.79 Å². The van der Waals surface area contributed by atoms with Crippen molar-refractivity contribution in [2.24, 2.45) is 0 Å². The van der Waals surface area contributed by atoms with E-state index < -0.39 is 0 Å². The normalized spacial score (nSPS) is 10.9. The first-order valence-corrected chi connectivity index (χ1v) is 12.6. The number of hydrogen-bond acceptors (Lipinski definition) is 4. The summed E-state index contributed by atoms with van der Waals surface area (Å²) in [6.07, 6.45) is 0. The van der Waals surface area contributed by atoms with Crippen LogP contribution in [0.5, 0.6) is 11.5 Å². The quantitative estimate of drug-likeness (QED) is 0.188. The Balaban J connectivity index is 1.44. The molecule has 2 N–H and O–H groups in total. The number of H-pyrrole nitrogens is 1. The van der Waals surface area contributed by atoms with Gasteiger partial charge in [-0.25, -0.2) is 0 Å². The number of thioether (sulfide) groups is 1. The number of halogens is 1. The maximum absolute atomic E-state index is 12.7. The molecule has 0 aliphatic rings. The van der Waals surface area contributed by atoms with Gasteiger partial charge >= 0.3 is 0 Å². The lowest BCUT2D eigenvalue weighted by molar-refractivity contribution is 0.0955. The van der Waals surface area contributed by atoms with Gasteiger partial charge in [0.25, 0.3) is 5.91 Å². The van der Waals surface area contributed by atoms with Crippen molar-refractivity contribution in [2.45, 2.75) is 18.7 Å². The molecule has 1 heterocycles. The zero-order valence-electron chi connectivity index (χ0n) is 19.2. The minimum atomic E-state index is -0.138. The Morgan fingerprint density at radius 3 is 2.47 bits per heavy atom. The zero-order valence-corrected chi connectivity index (χ0v) is 20.8. The van der Waals surface area contributed by atoms with Crippen LogP contribution >= 0.6 is 23.4 Å². The van der Waals surface area contributed by atoms with Gasteiger partial charge < -0.3 is 19.8 Å². The summed E-state index contributed by atoms with van der Waals surface area (Å²) in [5.41, 5.74) is 3.76. The Bertz CT molecular complexity index is 1270. The highest BCUT2D eigenvalue weighted by atomic mass is 35.5. The number of aromatic amines is 1. The summed E-state index contributed by atoms with van der Waals surface area (Å²) in [5, 5.41) is 4.88. The van der Waals surface area contributed by atoms with Crippen molar-refractivity contribution in [3.8, 4) is 22.8 Å². The van der Waals surface area contributed by atoms with Gasteiger partial charge in [-0.2, -0.15) is 0 Å². The van der Waals surface area contributed by atoms with Gasteiger partial charge in [0.2, 0.25) is 0 Å². The molecule has 0 unspecified atom stereocenters. The molecule has 0 aliphatic carbocycles. The fourth-order valence-corrected chi connectivity index (χ4v) is 4.88. The van der Waals surface area contributed by atoms with Gasteiger partial charge in [-0.3, -0.25) is 4.79 Å². The third-order valence-electron chi connectivity index (χ3n) is 5.23. The summed E-state index contributed by atoms with van der Waals surface area (Å²) >= 11 is 7.80. The Hall–Kier alpha value is -3.09. The second kappa shape index (κ2) is 11.4. The van der Waals surface area contributed by atoms with Crippen molar-refractivity contribution in [2.75, 3.05) is 25.5 Å². The molecule has 4 aromatic rings. The number of fused-ring (bicyclic) bond motifs is 1. The summed E-state index contributed by atoms with van der Waals surface area (Å²) < 4.78 is 11.2. The SMILES string of the molecule is CCOc1ccc(C(=O)NCCSc2c(-c3ccc(Cl)cc3)[nH]c3ccccc23)cc1OCC. The minimum Gasteiger partial charge on any atom is -0.490 e. The molecule has 176 valence electrons. The van der Waals surface area contributed by atoms with E-state index in [1.54, 1.807) is 30.0 Å². The maximum Gasteiger partial charge on any atom is 0.251 e. The average molecular weight is 495 g/mol. The summed E-state index contributed by atoms with van der Waals surface area (Å²) in [5.74, 6) is 1.81. The molecule has 34 heavy (non-hydrogen) atoms. The van der Waals surface area contributed by atoms with Gasteiger partial charge in [0.15, 0.2) is 11.5 Å². The second-order valence-electron chi connectivity index (χ2n) is 7.51. The lowest BCUT2D eigenvalue weighted by atomic mass is 10.1. The van der Waals surface area contributed by atoms with Crippen LogP contribution in [0.4, 0.5) is 0 Å². The van der Waals surface area contributed by atoms with Crippen molar-refractivity contribution in [3.05, 3.63) is 77.3 Å². The molecular weight excluding hydrogens is 468 g/mol. The van der Waals surface area contributed by atoms with E-state index >= 15 is 0 Å². The summed E-state index contributed by atoms with van der Waals surface area (Å²) in [7, 11) is 0. The predicted octanol–water partition coefficient (Wildman–Crippen LogP) is 6.81. The molecule has 0 saturated carbocycles. The number of carbonyl (C=O) groups excluding carboxylic acids is 1. The summed E-state index contributed by atoms with van der Waals surface area (Å²) in [6.45, 7) is 5.39. The molecule has 0 radical (unpaired) electrons. The number of amides is 1. The standard InChI is InChI=1S/C27H27ClN2O3S/c1-3-32-23-14-11-19(17-24(23)33-4-2)27(31)29-15-16-34-26-21-7-5-6-8-22(21)30-25(26)18-9-12-20(28)13-10-18/h5-14,17,30H,3-4,15-16H2,1-2H3,(H,29,31). The molecule has 0 bridgehead atoms. The summed E-state index contributed by atoms with van der Waals surface area (Å²) in [4.78, 5) is 17.4. The van der Waals surface area contributed by atoms with Crippen LogP contribution < -0.4 is 14.8 Å². The first-order valence-electron chi connectivity index (χ1n) is 11.3. The fourth-order valence-electron chi connectivity index (χ4n) is 3.70.